The number of nitrogens with two attached hydrogens (primary N) is 2. The van der Waals surface area contributed by atoms with Crippen molar-refractivity contribution >= 4 is 35.6 Å². The molecule has 0 radical (unpaired) electrons. The molecule has 0 heterocycles. The van der Waals surface area contributed by atoms with Crippen LogP contribution in [-0.2, 0) is 35.2 Å². The summed E-state index contributed by atoms with van der Waals surface area (Å²) < 4.78 is 0. The van der Waals surface area contributed by atoms with Gasteiger partial charge in [-0.3, -0.25) is 24.0 Å². The Kier molecular flexibility index (Phi) is 10.9. The fraction of sp³-hybridized carbons (Fsp3) is 0.400. The highest BCUT2D eigenvalue weighted by atomic mass is 16.4. The number of aliphatic carboxylic acids is 2. The van der Waals surface area contributed by atoms with Crippen molar-refractivity contribution in [2.45, 2.75) is 43.8 Å². The van der Waals surface area contributed by atoms with Gasteiger partial charge in [0.15, 0.2) is 0 Å². The van der Waals surface area contributed by atoms with Crippen LogP contribution in [0.2, 0.25) is 0 Å². The molecular weight excluding hydrogens is 454 g/mol. The lowest BCUT2D eigenvalue weighted by atomic mass is 10.0. The van der Waals surface area contributed by atoms with Crippen molar-refractivity contribution in [1.82, 2.24) is 16.0 Å². The summed E-state index contributed by atoms with van der Waals surface area (Å²) in [6.45, 7) is -0.718. The molecule has 0 aliphatic carbocycles. The van der Waals surface area contributed by atoms with Crippen LogP contribution in [0.3, 0.4) is 0 Å². The summed E-state index contributed by atoms with van der Waals surface area (Å²) in [7, 11) is 0. The summed E-state index contributed by atoms with van der Waals surface area (Å²) in [5, 5.41) is 33.5. The number of hydrogen-bond donors (Lipinski definition) is 8. The lowest BCUT2D eigenvalue weighted by Crippen LogP contribution is -2.54. The van der Waals surface area contributed by atoms with Crippen molar-refractivity contribution in [1.29, 1.82) is 0 Å². The van der Waals surface area contributed by atoms with Crippen LogP contribution in [0.15, 0.2) is 24.3 Å². The lowest BCUT2D eigenvalue weighted by Gasteiger charge is -2.21. The highest BCUT2D eigenvalue weighted by molar-refractivity contribution is 5.93. The number of phenols is 1. The second-order valence-electron chi connectivity index (χ2n) is 7.32. The highest BCUT2D eigenvalue weighted by Gasteiger charge is 2.26. The fourth-order valence-electron chi connectivity index (χ4n) is 2.72. The Bertz CT molecular complexity index is 920. The number of nitrogens with one attached hydrogen (secondary N) is 3. The minimum atomic E-state index is -1.70. The first-order chi connectivity index (χ1) is 15.9. The van der Waals surface area contributed by atoms with Gasteiger partial charge in [0.25, 0.3) is 0 Å². The fourth-order valence-corrected chi connectivity index (χ4v) is 2.72. The molecule has 14 nitrogen and oxygen atoms in total. The summed E-state index contributed by atoms with van der Waals surface area (Å²) >= 11 is 0. The summed E-state index contributed by atoms with van der Waals surface area (Å²) in [6.07, 6.45) is -1.25. The van der Waals surface area contributed by atoms with Crippen molar-refractivity contribution in [3.63, 3.8) is 0 Å². The van der Waals surface area contributed by atoms with Crippen molar-refractivity contribution in [3.8, 4) is 5.75 Å². The molecule has 0 aliphatic heterocycles. The van der Waals surface area contributed by atoms with Crippen LogP contribution in [0.1, 0.15) is 24.8 Å². The van der Waals surface area contributed by atoms with E-state index in [1.165, 1.54) is 12.1 Å². The Morgan fingerprint density at radius 3 is 2.06 bits per heavy atom. The van der Waals surface area contributed by atoms with E-state index < -0.39 is 66.7 Å². The van der Waals surface area contributed by atoms with Crippen LogP contribution < -0.4 is 27.4 Å². The van der Waals surface area contributed by atoms with Gasteiger partial charge in [-0.25, -0.2) is 4.79 Å². The van der Waals surface area contributed by atoms with Gasteiger partial charge in [-0.1, -0.05) is 12.1 Å². The molecule has 1 rings (SSSR count). The van der Waals surface area contributed by atoms with Crippen molar-refractivity contribution in [3.05, 3.63) is 29.8 Å². The molecule has 34 heavy (non-hydrogen) atoms. The van der Waals surface area contributed by atoms with Gasteiger partial charge in [0.05, 0.1) is 19.0 Å². The molecule has 1 aromatic carbocycles. The molecule has 186 valence electrons. The first kappa shape index (κ1) is 27.8. The zero-order chi connectivity index (χ0) is 25.8. The van der Waals surface area contributed by atoms with E-state index in [1.807, 2.05) is 5.32 Å². The van der Waals surface area contributed by atoms with Crippen molar-refractivity contribution in [2.24, 2.45) is 11.5 Å². The predicted molar refractivity (Wildman–Crippen MR) is 115 cm³/mol. The van der Waals surface area contributed by atoms with Crippen LogP contribution in [0.25, 0.3) is 0 Å². The number of carbonyl (C=O) groups excluding carboxylic acids is 4. The second kappa shape index (κ2) is 13.4. The molecule has 0 aromatic heterocycles. The monoisotopic (exact) mass is 481 g/mol. The average Bonchev–Trinajstić information content (AvgIpc) is 2.75. The third-order valence-electron chi connectivity index (χ3n) is 4.48. The number of phenolic OH excluding ortho intramolecular Hbond substituents is 1. The topological polar surface area (TPSA) is 251 Å². The summed E-state index contributed by atoms with van der Waals surface area (Å²) in [6, 6.07) is 1.89. The molecule has 10 N–H and O–H groups in total. The molecule has 0 bridgehead atoms. The Balaban J connectivity index is 2.72. The molecule has 0 fully saturated rings. The Labute approximate surface area is 193 Å². The number of rotatable bonds is 14. The van der Waals surface area contributed by atoms with E-state index in [9.17, 15) is 33.9 Å². The number of carboxylic acids is 2. The lowest BCUT2D eigenvalue weighted by molar-refractivity contribution is -0.147. The van der Waals surface area contributed by atoms with E-state index in [0.717, 1.165) is 0 Å². The largest absolute Gasteiger partial charge is 0.508 e. The van der Waals surface area contributed by atoms with E-state index in [-0.39, 0.29) is 25.0 Å². The van der Waals surface area contributed by atoms with Gasteiger partial charge in [0.1, 0.15) is 17.8 Å². The van der Waals surface area contributed by atoms with Gasteiger partial charge in [0.2, 0.25) is 23.6 Å². The average molecular weight is 481 g/mol. The zero-order valence-corrected chi connectivity index (χ0v) is 18.0. The summed E-state index contributed by atoms with van der Waals surface area (Å²) in [5.41, 5.74) is 11.6. The maximum Gasteiger partial charge on any atom is 0.326 e. The second-order valence-corrected chi connectivity index (χ2v) is 7.32. The van der Waals surface area contributed by atoms with Crippen LogP contribution in [0, 0.1) is 0 Å². The Hall–Kier alpha value is -4.20. The summed E-state index contributed by atoms with van der Waals surface area (Å²) in [5.74, 6) is -6.30. The number of primary amides is 1. The SMILES string of the molecule is NC(=O)CCC(NC(=O)C(N)Cc1ccc(O)cc1)C(=O)NCC(=O)NC(CC(=O)O)C(=O)O. The van der Waals surface area contributed by atoms with Gasteiger partial charge in [-0.2, -0.15) is 0 Å². The molecule has 4 amide bonds. The first-order valence-corrected chi connectivity index (χ1v) is 10.0. The van der Waals surface area contributed by atoms with Crippen LogP contribution in [-0.4, -0.2) is 75.6 Å². The standard InChI is InChI=1S/C20H27N5O9/c21-12(7-10-1-3-11(26)4-2-10)18(31)25-13(5-6-15(22)27)19(32)23-9-16(28)24-14(20(33)34)8-17(29)30/h1-4,12-14,26H,5-9,21H2,(H2,22,27)(H,23,32)(H,24,28)(H,25,31)(H,29,30)(H,33,34). The van der Waals surface area contributed by atoms with Crippen molar-refractivity contribution in [2.75, 3.05) is 6.54 Å². The molecule has 1 aromatic rings. The molecule has 3 atom stereocenters. The third-order valence-corrected chi connectivity index (χ3v) is 4.48. The van der Waals surface area contributed by atoms with Gasteiger partial charge in [-0.15, -0.1) is 0 Å². The molecular formula is C20H27N5O9. The zero-order valence-electron chi connectivity index (χ0n) is 18.0. The van der Waals surface area contributed by atoms with Crippen LogP contribution >= 0.6 is 0 Å². The number of carboxylic acid groups (broad SMARTS) is 2. The maximum absolute atomic E-state index is 12.5. The number of hydrogen-bond acceptors (Lipinski definition) is 8. The minimum absolute atomic E-state index is 0.0339. The van der Waals surface area contributed by atoms with Gasteiger partial charge in [-0.05, 0) is 30.5 Å². The predicted octanol–water partition coefficient (Wildman–Crippen LogP) is -2.83. The van der Waals surface area contributed by atoms with E-state index in [2.05, 4.69) is 10.6 Å². The van der Waals surface area contributed by atoms with Gasteiger partial charge >= 0.3 is 11.9 Å². The first-order valence-electron chi connectivity index (χ1n) is 10.0. The Morgan fingerprint density at radius 1 is 0.912 bits per heavy atom. The van der Waals surface area contributed by atoms with Crippen LogP contribution in [0.4, 0.5) is 0 Å². The molecule has 0 aliphatic rings. The third kappa shape index (κ3) is 10.4. The van der Waals surface area contributed by atoms with Crippen molar-refractivity contribution < 1.29 is 44.1 Å². The number of benzene rings is 1. The Morgan fingerprint density at radius 2 is 1.53 bits per heavy atom. The van der Waals surface area contributed by atoms with Crippen LogP contribution in [0.5, 0.6) is 5.75 Å². The van der Waals surface area contributed by atoms with E-state index >= 15 is 0 Å². The number of amides is 4. The molecule has 14 heteroatoms. The normalized spacial score (nSPS) is 13.1. The van der Waals surface area contributed by atoms with E-state index in [0.29, 0.717) is 5.56 Å². The molecule has 0 saturated carbocycles. The van der Waals surface area contributed by atoms with E-state index in [4.69, 9.17) is 21.7 Å². The number of aromatic hydroxyl groups is 1. The quantitative estimate of drug-likeness (QED) is 0.135. The van der Waals surface area contributed by atoms with E-state index in [1.54, 1.807) is 12.1 Å². The molecule has 3 unspecified atom stereocenters. The molecule has 0 saturated heterocycles. The summed E-state index contributed by atoms with van der Waals surface area (Å²) in [4.78, 5) is 69.7. The number of carbonyl (C=O) groups is 6. The minimum Gasteiger partial charge on any atom is -0.508 e. The smallest absolute Gasteiger partial charge is 0.326 e. The van der Waals surface area contributed by atoms with Gasteiger partial charge in [0, 0.05) is 6.42 Å². The van der Waals surface area contributed by atoms with Gasteiger partial charge < -0.3 is 42.7 Å². The highest BCUT2D eigenvalue weighted by Crippen LogP contribution is 2.11. The maximum atomic E-state index is 12.5. The molecule has 0 spiro atoms.